The Morgan fingerprint density at radius 3 is 2.70 bits per heavy atom. The van der Waals surface area contributed by atoms with Crippen LogP contribution in [0.5, 0.6) is 0 Å². The highest BCUT2D eigenvalue weighted by Crippen LogP contribution is 2.21. The predicted molar refractivity (Wildman–Crippen MR) is 75.3 cm³/mol. The molecule has 2 aromatic rings. The lowest BCUT2D eigenvalue weighted by Gasteiger charge is -2.22. The fraction of sp³-hybridized carbons (Fsp3) is 0.286. The largest absolute Gasteiger partial charge is 0.394 e. The predicted octanol–water partition coefficient (Wildman–Crippen LogP) is 2.23. The van der Waals surface area contributed by atoms with Crippen molar-refractivity contribution in [3.63, 3.8) is 0 Å². The van der Waals surface area contributed by atoms with Gasteiger partial charge in [-0.1, -0.05) is 35.5 Å². The van der Waals surface area contributed by atoms with Crippen molar-refractivity contribution in [2.75, 3.05) is 11.9 Å². The summed E-state index contributed by atoms with van der Waals surface area (Å²) >= 11 is 0. The number of hydrogen-bond donors (Lipinski definition) is 3. The van der Waals surface area contributed by atoms with Crippen LogP contribution in [0.4, 0.5) is 10.6 Å². The van der Waals surface area contributed by atoms with Crippen LogP contribution in [0, 0.1) is 0 Å². The van der Waals surface area contributed by atoms with E-state index in [1.54, 1.807) is 19.9 Å². The molecule has 0 bridgehead atoms. The quantitative estimate of drug-likeness (QED) is 0.798. The van der Waals surface area contributed by atoms with Crippen molar-refractivity contribution in [3.05, 3.63) is 36.4 Å². The monoisotopic (exact) mass is 275 g/mol. The minimum absolute atomic E-state index is 0.158. The number of aliphatic hydroxyl groups is 1. The van der Waals surface area contributed by atoms with E-state index in [2.05, 4.69) is 15.8 Å². The third kappa shape index (κ3) is 3.58. The van der Waals surface area contributed by atoms with Crippen molar-refractivity contribution >= 4 is 11.8 Å². The molecule has 0 unspecified atom stereocenters. The first kappa shape index (κ1) is 14.1. The molecule has 0 spiro atoms. The van der Waals surface area contributed by atoms with E-state index >= 15 is 0 Å². The molecular formula is C14H17N3O3. The Balaban J connectivity index is 2.02. The van der Waals surface area contributed by atoms with Gasteiger partial charge in [0.2, 0.25) is 0 Å². The summed E-state index contributed by atoms with van der Waals surface area (Å²) in [6.07, 6.45) is 0. The molecule has 0 aliphatic rings. The third-order valence-corrected chi connectivity index (χ3v) is 2.66. The van der Waals surface area contributed by atoms with Gasteiger partial charge in [-0.2, -0.15) is 0 Å². The number of anilines is 1. The van der Waals surface area contributed by atoms with Crippen molar-refractivity contribution < 1.29 is 14.4 Å². The molecule has 0 atom stereocenters. The first-order valence-electron chi connectivity index (χ1n) is 6.22. The standard InChI is InChI=1S/C14H17N3O3/c1-14(2,9-18)16-13(19)15-12-8-11(20-17-12)10-6-4-3-5-7-10/h3-8,18H,9H2,1-2H3,(H2,15,16,17,19). The number of nitrogens with one attached hydrogen (secondary N) is 2. The molecule has 2 rings (SSSR count). The van der Waals surface area contributed by atoms with Crippen LogP contribution in [0.25, 0.3) is 11.3 Å². The van der Waals surface area contributed by atoms with Gasteiger partial charge in [0.15, 0.2) is 11.6 Å². The topological polar surface area (TPSA) is 87.4 Å². The van der Waals surface area contributed by atoms with Crippen LogP contribution in [0.15, 0.2) is 40.9 Å². The molecule has 0 saturated heterocycles. The average molecular weight is 275 g/mol. The smallest absolute Gasteiger partial charge is 0.320 e. The maximum atomic E-state index is 11.7. The number of aliphatic hydroxyl groups excluding tert-OH is 1. The highest BCUT2D eigenvalue weighted by molar-refractivity contribution is 5.89. The lowest BCUT2D eigenvalue weighted by atomic mass is 10.1. The van der Waals surface area contributed by atoms with Crippen molar-refractivity contribution in [3.8, 4) is 11.3 Å². The molecule has 1 aromatic carbocycles. The fourth-order valence-electron chi connectivity index (χ4n) is 1.57. The minimum atomic E-state index is -0.698. The number of carbonyl (C=O) groups excluding carboxylic acids is 1. The lowest BCUT2D eigenvalue weighted by Crippen LogP contribution is -2.48. The number of aromatic nitrogens is 1. The van der Waals surface area contributed by atoms with Crippen LogP contribution in [-0.4, -0.2) is 28.4 Å². The first-order chi connectivity index (χ1) is 9.50. The average Bonchev–Trinajstić information content (AvgIpc) is 2.87. The molecule has 2 amide bonds. The second-order valence-corrected chi connectivity index (χ2v) is 5.06. The van der Waals surface area contributed by atoms with Gasteiger partial charge < -0.3 is 14.9 Å². The van der Waals surface area contributed by atoms with Gasteiger partial charge in [0, 0.05) is 11.6 Å². The maximum Gasteiger partial charge on any atom is 0.320 e. The summed E-state index contributed by atoms with van der Waals surface area (Å²) in [6.45, 7) is 3.27. The summed E-state index contributed by atoms with van der Waals surface area (Å²) in [4.78, 5) is 11.7. The van der Waals surface area contributed by atoms with Crippen LogP contribution in [0.3, 0.4) is 0 Å². The van der Waals surface area contributed by atoms with Crippen molar-refractivity contribution in [1.29, 1.82) is 0 Å². The number of nitrogens with zero attached hydrogens (tertiary/aromatic N) is 1. The van der Waals surface area contributed by atoms with E-state index in [4.69, 9.17) is 9.63 Å². The van der Waals surface area contributed by atoms with E-state index in [0.717, 1.165) is 5.56 Å². The van der Waals surface area contributed by atoms with Gasteiger partial charge in [-0.15, -0.1) is 0 Å². The molecule has 0 fully saturated rings. The van der Waals surface area contributed by atoms with E-state index in [1.807, 2.05) is 30.3 Å². The number of urea groups is 1. The molecule has 1 heterocycles. The Kier molecular flexibility index (Phi) is 4.05. The molecule has 106 valence electrons. The zero-order chi connectivity index (χ0) is 14.6. The molecule has 0 aliphatic heterocycles. The molecular weight excluding hydrogens is 258 g/mol. The lowest BCUT2D eigenvalue weighted by molar-refractivity contribution is 0.187. The minimum Gasteiger partial charge on any atom is -0.394 e. The van der Waals surface area contributed by atoms with E-state index in [1.165, 1.54) is 0 Å². The van der Waals surface area contributed by atoms with Crippen LogP contribution >= 0.6 is 0 Å². The zero-order valence-electron chi connectivity index (χ0n) is 11.4. The molecule has 3 N–H and O–H groups in total. The van der Waals surface area contributed by atoms with Gasteiger partial charge in [0.1, 0.15) is 0 Å². The van der Waals surface area contributed by atoms with Crippen LogP contribution < -0.4 is 10.6 Å². The summed E-state index contributed by atoms with van der Waals surface area (Å²) in [7, 11) is 0. The van der Waals surface area contributed by atoms with Gasteiger partial charge in [0.05, 0.1) is 12.1 Å². The summed E-state index contributed by atoms with van der Waals surface area (Å²) in [5, 5.41) is 18.0. The van der Waals surface area contributed by atoms with Crippen LogP contribution in [0.2, 0.25) is 0 Å². The highest BCUT2D eigenvalue weighted by Gasteiger charge is 2.19. The Morgan fingerprint density at radius 1 is 1.35 bits per heavy atom. The van der Waals surface area contributed by atoms with Gasteiger partial charge >= 0.3 is 6.03 Å². The Bertz CT molecular complexity index is 578. The van der Waals surface area contributed by atoms with Crippen LogP contribution in [0.1, 0.15) is 13.8 Å². The highest BCUT2D eigenvalue weighted by atomic mass is 16.5. The number of benzene rings is 1. The van der Waals surface area contributed by atoms with Crippen molar-refractivity contribution in [2.45, 2.75) is 19.4 Å². The second kappa shape index (κ2) is 5.75. The number of carbonyl (C=O) groups is 1. The SMILES string of the molecule is CC(C)(CO)NC(=O)Nc1cc(-c2ccccc2)on1. The van der Waals surface area contributed by atoms with E-state index in [-0.39, 0.29) is 6.61 Å². The van der Waals surface area contributed by atoms with E-state index < -0.39 is 11.6 Å². The van der Waals surface area contributed by atoms with Crippen molar-refractivity contribution in [1.82, 2.24) is 10.5 Å². The normalized spacial score (nSPS) is 11.2. The Hall–Kier alpha value is -2.34. The molecule has 6 heteroatoms. The summed E-state index contributed by atoms with van der Waals surface area (Å²) < 4.78 is 5.17. The third-order valence-electron chi connectivity index (χ3n) is 2.66. The van der Waals surface area contributed by atoms with Gasteiger partial charge in [0.25, 0.3) is 0 Å². The first-order valence-corrected chi connectivity index (χ1v) is 6.22. The van der Waals surface area contributed by atoms with Gasteiger partial charge in [-0.3, -0.25) is 5.32 Å². The summed E-state index contributed by atoms with van der Waals surface area (Å²) in [5.41, 5.74) is 0.181. The Morgan fingerprint density at radius 2 is 2.05 bits per heavy atom. The van der Waals surface area contributed by atoms with E-state index in [9.17, 15) is 4.79 Å². The van der Waals surface area contributed by atoms with Crippen LogP contribution in [-0.2, 0) is 0 Å². The summed E-state index contributed by atoms with van der Waals surface area (Å²) in [5.74, 6) is 0.886. The second-order valence-electron chi connectivity index (χ2n) is 5.06. The molecule has 6 nitrogen and oxygen atoms in total. The van der Waals surface area contributed by atoms with Crippen molar-refractivity contribution in [2.24, 2.45) is 0 Å². The maximum absolute atomic E-state index is 11.7. The fourth-order valence-corrected chi connectivity index (χ4v) is 1.57. The van der Waals surface area contributed by atoms with E-state index in [0.29, 0.717) is 11.6 Å². The Labute approximate surface area is 116 Å². The number of hydrogen-bond acceptors (Lipinski definition) is 4. The summed E-state index contributed by atoms with van der Waals surface area (Å²) in [6, 6.07) is 10.7. The zero-order valence-corrected chi connectivity index (χ0v) is 11.4. The van der Waals surface area contributed by atoms with Gasteiger partial charge in [-0.05, 0) is 13.8 Å². The molecule has 0 radical (unpaired) electrons. The number of amides is 2. The van der Waals surface area contributed by atoms with Gasteiger partial charge in [-0.25, -0.2) is 4.79 Å². The molecule has 20 heavy (non-hydrogen) atoms. The number of rotatable bonds is 4. The molecule has 1 aromatic heterocycles. The molecule has 0 aliphatic carbocycles. The molecule has 0 saturated carbocycles.